The largest absolute Gasteiger partial charge is 0.485 e. The van der Waals surface area contributed by atoms with Gasteiger partial charge in [-0.3, -0.25) is 9.36 Å². The monoisotopic (exact) mass is 468 g/mol. The summed E-state index contributed by atoms with van der Waals surface area (Å²) in [6.07, 6.45) is -2.78. The third kappa shape index (κ3) is 4.30. The first-order valence-electron chi connectivity index (χ1n) is 10.00. The van der Waals surface area contributed by atoms with Crippen molar-refractivity contribution in [1.82, 2.24) is 9.13 Å². The predicted molar refractivity (Wildman–Crippen MR) is 119 cm³/mol. The number of hydrogen-bond acceptors (Lipinski definition) is 3. The molecule has 0 amide bonds. The van der Waals surface area contributed by atoms with Crippen molar-refractivity contribution in [1.29, 1.82) is 0 Å². The number of ether oxygens (including phenoxy) is 1. The Balaban J connectivity index is 1.87. The maximum absolute atomic E-state index is 15.0. The lowest BCUT2D eigenvalue weighted by molar-refractivity contribution is 0.0825. The highest BCUT2D eigenvalue weighted by molar-refractivity contribution is 5.84. The SMILES string of the molecule is Cn1c(=O)n(-c2c(F)cc(C#Cc3ccccc3)cc2F)c(=O)c2cccc(OCC(F)F)c21. The minimum absolute atomic E-state index is 0.0101. The van der Waals surface area contributed by atoms with Gasteiger partial charge in [0.2, 0.25) is 0 Å². The second-order valence-corrected chi connectivity index (χ2v) is 7.24. The molecule has 5 nitrogen and oxygen atoms in total. The number of halogens is 4. The average Bonchev–Trinajstić information content (AvgIpc) is 2.82. The molecular weight excluding hydrogens is 452 g/mol. The molecule has 9 heteroatoms. The first-order valence-corrected chi connectivity index (χ1v) is 10.00. The van der Waals surface area contributed by atoms with Crippen molar-refractivity contribution in [3.8, 4) is 23.3 Å². The molecule has 4 rings (SSSR count). The van der Waals surface area contributed by atoms with Crippen LogP contribution in [0.1, 0.15) is 11.1 Å². The molecule has 0 aliphatic rings. The van der Waals surface area contributed by atoms with E-state index in [1.54, 1.807) is 30.3 Å². The van der Waals surface area contributed by atoms with Crippen LogP contribution < -0.4 is 16.0 Å². The molecule has 172 valence electrons. The number of nitrogens with zero attached hydrogens (tertiary/aromatic N) is 2. The second kappa shape index (κ2) is 9.27. The summed E-state index contributed by atoms with van der Waals surface area (Å²) >= 11 is 0. The van der Waals surface area contributed by atoms with E-state index in [0.29, 0.717) is 10.1 Å². The molecule has 4 aromatic rings. The van der Waals surface area contributed by atoms with Gasteiger partial charge >= 0.3 is 5.69 Å². The highest BCUT2D eigenvalue weighted by Crippen LogP contribution is 2.24. The molecule has 0 N–H and O–H groups in total. The average molecular weight is 468 g/mol. The van der Waals surface area contributed by atoms with E-state index in [-0.39, 0.29) is 22.2 Å². The zero-order valence-electron chi connectivity index (χ0n) is 17.7. The lowest BCUT2D eigenvalue weighted by Gasteiger charge is -2.15. The molecule has 0 atom stereocenters. The third-order valence-electron chi connectivity index (χ3n) is 4.98. The van der Waals surface area contributed by atoms with Crippen LogP contribution in [0.3, 0.4) is 0 Å². The molecule has 0 aliphatic heterocycles. The lowest BCUT2D eigenvalue weighted by atomic mass is 10.1. The topological polar surface area (TPSA) is 53.2 Å². The smallest absolute Gasteiger partial charge is 0.336 e. The van der Waals surface area contributed by atoms with Crippen molar-refractivity contribution in [3.63, 3.8) is 0 Å². The molecule has 0 saturated heterocycles. The van der Waals surface area contributed by atoms with Crippen LogP contribution in [-0.2, 0) is 7.05 Å². The van der Waals surface area contributed by atoms with Crippen molar-refractivity contribution in [2.24, 2.45) is 7.05 Å². The standard InChI is InChI=1S/C25H16F4N2O3/c1-30-22-17(8-5-9-20(22)34-14-21(28)29)24(32)31(25(30)33)23-18(26)12-16(13-19(23)27)11-10-15-6-3-2-4-7-15/h2-9,12-13,21H,14H2,1H3. The van der Waals surface area contributed by atoms with Gasteiger partial charge in [0.15, 0.2) is 11.6 Å². The molecule has 1 heterocycles. The molecule has 1 aromatic heterocycles. The van der Waals surface area contributed by atoms with Gasteiger partial charge in [0.05, 0.1) is 5.39 Å². The molecule has 34 heavy (non-hydrogen) atoms. The Morgan fingerprint density at radius 3 is 2.21 bits per heavy atom. The Hall–Kier alpha value is -4.32. The number of benzene rings is 3. The summed E-state index contributed by atoms with van der Waals surface area (Å²) in [5.74, 6) is 2.95. The first kappa shape index (κ1) is 22.9. The fourth-order valence-electron chi connectivity index (χ4n) is 3.48. The molecule has 3 aromatic carbocycles. The Morgan fingerprint density at radius 1 is 0.912 bits per heavy atom. The number of alkyl halides is 2. The Kier molecular flexibility index (Phi) is 6.23. The van der Waals surface area contributed by atoms with Crippen LogP contribution >= 0.6 is 0 Å². The number of hydrogen-bond donors (Lipinski definition) is 0. The predicted octanol–water partition coefficient (Wildman–Crippen LogP) is 4.01. The number of aryl methyl sites for hydroxylation is 1. The van der Waals surface area contributed by atoms with Gasteiger partial charge in [0.1, 0.15) is 23.6 Å². The van der Waals surface area contributed by atoms with E-state index in [2.05, 4.69) is 11.8 Å². The van der Waals surface area contributed by atoms with Gasteiger partial charge < -0.3 is 4.74 Å². The summed E-state index contributed by atoms with van der Waals surface area (Å²) in [4.78, 5) is 26.0. The van der Waals surface area contributed by atoms with Gasteiger partial charge in [0.25, 0.3) is 12.0 Å². The summed E-state index contributed by atoms with van der Waals surface area (Å²) in [6, 6.07) is 14.6. The maximum atomic E-state index is 15.0. The van der Waals surface area contributed by atoms with Crippen LogP contribution in [0.4, 0.5) is 17.6 Å². The Labute approximate surface area is 190 Å². The van der Waals surface area contributed by atoms with Crippen molar-refractivity contribution in [3.05, 3.63) is 104 Å². The number of para-hydroxylation sites is 1. The normalized spacial score (nSPS) is 10.9. The van der Waals surface area contributed by atoms with E-state index in [0.717, 1.165) is 16.7 Å². The van der Waals surface area contributed by atoms with Crippen molar-refractivity contribution in [2.45, 2.75) is 6.43 Å². The van der Waals surface area contributed by atoms with Gasteiger partial charge in [0, 0.05) is 18.2 Å². The summed E-state index contributed by atoms with van der Waals surface area (Å²) < 4.78 is 61.4. The van der Waals surface area contributed by atoms with E-state index < -0.39 is 41.6 Å². The summed E-state index contributed by atoms with van der Waals surface area (Å²) in [6.45, 7) is -0.953. The van der Waals surface area contributed by atoms with Gasteiger partial charge in [-0.1, -0.05) is 36.1 Å². The highest BCUT2D eigenvalue weighted by atomic mass is 19.3. The minimum Gasteiger partial charge on any atom is -0.485 e. The van der Waals surface area contributed by atoms with E-state index in [1.165, 1.54) is 25.2 Å². The molecule has 0 unspecified atom stereocenters. The fraction of sp³-hybridized carbons (Fsp3) is 0.120. The third-order valence-corrected chi connectivity index (χ3v) is 4.98. The molecular formula is C25H16F4N2O3. The zero-order chi connectivity index (χ0) is 24.4. The van der Waals surface area contributed by atoms with Crippen LogP contribution in [0.5, 0.6) is 5.75 Å². The highest BCUT2D eigenvalue weighted by Gasteiger charge is 2.22. The summed E-state index contributed by atoms with van der Waals surface area (Å²) in [7, 11) is 1.24. The molecule has 0 spiro atoms. The molecule has 0 aliphatic carbocycles. The van der Waals surface area contributed by atoms with Gasteiger partial charge in [-0.25, -0.2) is 26.9 Å². The molecule has 0 radical (unpaired) electrons. The first-order chi connectivity index (χ1) is 16.3. The van der Waals surface area contributed by atoms with E-state index in [9.17, 15) is 27.2 Å². The maximum Gasteiger partial charge on any atom is 0.336 e. The number of aromatic nitrogens is 2. The van der Waals surface area contributed by atoms with Crippen molar-refractivity contribution in [2.75, 3.05) is 6.61 Å². The van der Waals surface area contributed by atoms with Crippen molar-refractivity contribution >= 4 is 10.9 Å². The lowest BCUT2D eigenvalue weighted by Crippen LogP contribution is -2.39. The number of rotatable bonds is 4. The zero-order valence-corrected chi connectivity index (χ0v) is 17.7. The van der Waals surface area contributed by atoms with Gasteiger partial charge in [-0.15, -0.1) is 0 Å². The van der Waals surface area contributed by atoms with Crippen LogP contribution in [0.2, 0.25) is 0 Å². The van der Waals surface area contributed by atoms with E-state index in [4.69, 9.17) is 4.74 Å². The summed E-state index contributed by atoms with van der Waals surface area (Å²) in [5, 5.41) is -0.138. The minimum atomic E-state index is -2.78. The van der Waals surface area contributed by atoms with Crippen LogP contribution in [0.25, 0.3) is 16.6 Å². The second-order valence-electron chi connectivity index (χ2n) is 7.24. The molecule has 0 saturated carbocycles. The quantitative estimate of drug-likeness (QED) is 0.336. The fourth-order valence-corrected chi connectivity index (χ4v) is 3.48. The van der Waals surface area contributed by atoms with Crippen LogP contribution in [0.15, 0.2) is 70.3 Å². The van der Waals surface area contributed by atoms with E-state index in [1.807, 2.05) is 0 Å². The van der Waals surface area contributed by atoms with Gasteiger partial charge in [-0.05, 0) is 36.4 Å². The summed E-state index contributed by atoms with van der Waals surface area (Å²) in [5.41, 5.74) is -2.39. The van der Waals surface area contributed by atoms with Crippen molar-refractivity contribution < 1.29 is 22.3 Å². The van der Waals surface area contributed by atoms with E-state index >= 15 is 0 Å². The van der Waals surface area contributed by atoms with Crippen LogP contribution in [-0.4, -0.2) is 22.2 Å². The van der Waals surface area contributed by atoms with Gasteiger partial charge in [-0.2, -0.15) is 0 Å². The molecule has 0 fully saturated rings. The van der Waals surface area contributed by atoms with Crippen LogP contribution in [0, 0.1) is 23.5 Å². The molecule has 0 bridgehead atoms. The Bertz CT molecular complexity index is 1540. The Morgan fingerprint density at radius 2 is 1.56 bits per heavy atom. The number of fused-ring (bicyclic) bond motifs is 1.